The summed E-state index contributed by atoms with van der Waals surface area (Å²) in [6.07, 6.45) is 1.90. The summed E-state index contributed by atoms with van der Waals surface area (Å²) in [5.41, 5.74) is 0.547. The first-order chi connectivity index (χ1) is 11.4. The van der Waals surface area contributed by atoms with E-state index in [-0.39, 0.29) is 36.3 Å². The van der Waals surface area contributed by atoms with Gasteiger partial charge in [0.1, 0.15) is 5.82 Å². The maximum atomic E-state index is 13.7. The van der Waals surface area contributed by atoms with E-state index in [1.54, 1.807) is 25.1 Å². The van der Waals surface area contributed by atoms with E-state index >= 15 is 0 Å². The Morgan fingerprint density at radius 3 is 2.62 bits per heavy atom. The Kier molecular flexibility index (Phi) is 6.31. The van der Waals surface area contributed by atoms with Crippen molar-refractivity contribution in [2.45, 2.75) is 45.2 Å². The fraction of sp³-hybridized carbons (Fsp3) is 0.556. The van der Waals surface area contributed by atoms with Crippen molar-refractivity contribution in [3.63, 3.8) is 0 Å². The topological polar surface area (TPSA) is 69.6 Å². The lowest BCUT2D eigenvalue weighted by Gasteiger charge is -2.42. The van der Waals surface area contributed by atoms with Gasteiger partial charge >= 0.3 is 5.97 Å². The molecule has 2 rings (SSSR count). The maximum Gasteiger partial charge on any atom is 0.317 e. The molecule has 1 saturated carbocycles. The average molecular weight is 336 g/mol. The van der Waals surface area contributed by atoms with Crippen LogP contribution in [0.4, 0.5) is 4.39 Å². The molecule has 0 heterocycles. The predicted molar refractivity (Wildman–Crippen MR) is 89.1 cm³/mol. The van der Waals surface area contributed by atoms with E-state index in [1.807, 2.05) is 11.8 Å². The van der Waals surface area contributed by atoms with Crippen LogP contribution in [-0.2, 0) is 16.0 Å². The highest BCUT2D eigenvalue weighted by Gasteiger charge is 2.35. The van der Waals surface area contributed by atoms with E-state index in [4.69, 9.17) is 5.11 Å². The van der Waals surface area contributed by atoms with Gasteiger partial charge in [-0.2, -0.15) is 0 Å². The molecule has 0 saturated heterocycles. The normalized spacial score (nSPS) is 21.2. The highest BCUT2D eigenvalue weighted by molar-refractivity contribution is 5.79. The predicted octanol–water partition coefficient (Wildman–Crippen LogP) is 2.06. The van der Waals surface area contributed by atoms with Crippen molar-refractivity contribution in [2.24, 2.45) is 5.92 Å². The van der Waals surface area contributed by atoms with Gasteiger partial charge in [-0.3, -0.25) is 14.5 Å². The highest BCUT2D eigenvalue weighted by atomic mass is 19.1. The van der Waals surface area contributed by atoms with Crippen LogP contribution in [0.5, 0.6) is 0 Å². The van der Waals surface area contributed by atoms with Gasteiger partial charge in [0.05, 0.1) is 6.54 Å². The number of carboxylic acid groups (broad SMARTS) is 1. The summed E-state index contributed by atoms with van der Waals surface area (Å²) in [5, 5.41) is 11.9. The minimum Gasteiger partial charge on any atom is -0.480 e. The largest absolute Gasteiger partial charge is 0.480 e. The van der Waals surface area contributed by atoms with Gasteiger partial charge in [-0.25, -0.2) is 4.39 Å². The molecule has 1 aliphatic rings. The lowest BCUT2D eigenvalue weighted by Crippen LogP contribution is -2.55. The smallest absolute Gasteiger partial charge is 0.317 e. The SMILES string of the molecule is CCN(CC(=O)O)C1CC(NC(=O)C(C)Cc2ccccc2F)C1. The van der Waals surface area contributed by atoms with Gasteiger partial charge in [0.15, 0.2) is 0 Å². The molecule has 1 aromatic carbocycles. The zero-order valence-corrected chi connectivity index (χ0v) is 14.2. The zero-order chi connectivity index (χ0) is 17.7. The van der Waals surface area contributed by atoms with Crippen LogP contribution >= 0.6 is 0 Å². The molecule has 0 aromatic heterocycles. The second-order valence-electron chi connectivity index (χ2n) is 6.48. The first-order valence-corrected chi connectivity index (χ1v) is 8.40. The van der Waals surface area contributed by atoms with Gasteiger partial charge in [-0.05, 0) is 37.4 Å². The van der Waals surface area contributed by atoms with Crippen LogP contribution in [-0.4, -0.2) is 47.1 Å². The Morgan fingerprint density at radius 1 is 1.38 bits per heavy atom. The summed E-state index contributed by atoms with van der Waals surface area (Å²) in [7, 11) is 0. The number of carboxylic acids is 1. The van der Waals surface area contributed by atoms with Crippen LogP contribution in [0.3, 0.4) is 0 Å². The molecule has 1 amide bonds. The van der Waals surface area contributed by atoms with E-state index in [2.05, 4.69) is 5.32 Å². The molecule has 1 atom stereocenters. The number of aliphatic carboxylic acids is 1. The van der Waals surface area contributed by atoms with Crippen LogP contribution in [0.15, 0.2) is 24.3 Å². The lowest BCUT2D eigenvalue weighted by atomic mass is 9.84. The number of carbonyl (C=O) groups excluding carboxylic acids is 1. The summed E-state index contributed by atoms with van der Waals surface area (Å²) in [5.74, 6) is -1.50. The monoisotopic (exact) mass is 336 g/mol. The molecule has 2 N–H and O–H groups in total. The van der Waals surface area contributed by atoms with Crippen LogP contribution in [0.2, 0.25) is 0 Å². The van der Waals surface area contributed by atoms with Crippen LogP contribution in [0, 0.1) is 11.7 Å². The fourth-order valence-corrected chi connectivity index (χ4v) is 3.11. The summed E-state index contributed by atoms with van der Waals surface area (Å²) in [6, 6.07) is 6.78. The van der Waals surface area contributed by atoms with Crippen molar-refractivity contribution in [1.29, 1.82) is 0 Å². The lowest BCUT2D eigenvalue weighted by molar-refractivity contribution is -0.140. The Labute approximate surface area is 141 Å². The highest BCUT2D eigenvalue weighted by Crippen LogP contribution is 2.26. The third-order valence-electron chi connectivity index (χ3n) is 4.65. The number of likely N-dealkylation sites (N-methyl/N-ethyl adjacent to an activating group) is 1. The summed E-state index contributed by atoms with van der Waals surface area (Å²) < 4.78 is 13.7. The molecule has 5 nitrogen and oxygen atoms in total. The van der Waals surface area contributed by atoms with Gasteiger partial charge < -0.3 is 10.4 Å². The van der Waals surface area contributed by atoms with Crippen LogP contribution in [0.25, 0.3) is 0 Å². The molecule has 0 spiro atoms. The fourth-order valence-electron chi connectivity index (χ4n) is 3.11. The van der Waals surface area contributed by atoms with Crippen LogP contribution < -0.4 is 5.32 Å². The Hall–Kier alpha value is -1.95. The molecule has 1 unspecified atom stereocenters. The van der Waals surface area contributed by atoms with E-state index in [0.717, 1.165) is 12.8 Å². The van der Waals surface area contributed by atoms with Gasteiger partial charge in [0, 0.05) is 18.0 Å². The third-order valence-corrected chi connectivity index (χ3v) is 4.65. The molecule has 1 fully saturated rings. The number of hydrogen-bond donors (Lipinski definition) is 2. The Morgan fingerprint density at radius 2 is 2.04 bits per heavy atom. The molecule has 1 aliphatic carbocycles. The zero-order valence-electron chi connectivity index (χ0n) is 14.2. The van der Waals surface area contributed by atoms with E-state index in [9.17, 15) is 14.0 Å². The van der Waals surface area contributed by atoms with Crippen molar-refractivity contribution < 1.29 is 19.1 Å². The minimum atomic E-state index is -0.831. The third kappa shape index (κ3) is 4.77. The molecule has 132 valence electrons. The molecular weight excluding hydrogens is 311 g/mol. The number of nitrogens with one attached hydrogen (secondary N) is 1. The second kappa shape index (κ2) is 8.24. The number of amides is 1. The number of benzene rings is 1. The number of halogens is 1. The van der Waals surface area contributed by atoms with Crippen molar-refractivity contribution >= 4 is 11.9 Å². The Balaban J connectivity index is 1.78. The maximum absolute atomic E-state index is 13.7. The second-order valence-corrected chi connectivity index (χ2v) is 6.48. The Bertz CT molecular complexity index is 587. The van der Waals surface area contributed by atoms with Gasteiger partial charge in [0.25, 0.3) is 0 Å². The van der Waals surface area contributed by atoms with Gasteiger partial charge in [-0.15, -0.1) is 0 Å². The van der Waals surface area contributed by atoms with E-state index in [1.165, 1.54) is 6.07 Å². The first-order valence-electron chi connectivity index (χ1n) is 8.40. The number of carbonyl (C=O) groups is 2. The molecule has 6 heteroatoms. The van der Waals surface area contributed by atoms with E-state index < -0.39 is 5.97 Å². The molecular formula is C18H25FN2O3. The van der Waals surface area contributed by atoms with Gasteiger partial charge in [0.2, 0.25) is 5.91 Å². The van der Waals surface area contributed by atoms with Crippen molar-refractivity contribution in [1.82, 2.24) is 10.2 Å². The summed E-state index contributed by atoms with van der Waals surface area (Å²) >= 11 is 0. The standard InChI is InChI=1S/C18H25FN2O3/c1-3-21(11-17(22)23)15-9-14(10-15)20-18(24)12(2)8-13-6-4-5-7-16(13)19/h4-7,12,14-15H,3,8-11H2,1-2H3,(H,20,24)(H,22,23). The number of rotatable bonds is 8. The molecule has 0 bridgehead atoms. The van der Waals surface area contributed by atoms with Crippen LogP contribution in [0.1, 0.15) is 32.3 Å². The minimum absolute atomic E-state index is 0.0333. The first kappa shape index (κ1) is 18.4. The van der Waals surface area contributed by atoms with Crippen molar-refractivity contribution in [2.75, 3.05) is 13.1 Å². The molecule has 1 aromatic rings. The molecule has 24 heavy (non-hydrogen) atoms. The summed E-state index contributed by atoms with van der Waals surface area (Å²) in [6.45, 7) is 4.44. The quantitative estimate of drug-likeness (QED) is 0.762. The van der Waals surface area contributed by atoms with Gasteiger partial charge in [-0.1, -0.05) is 32.0 Å². The molecule has 0 aliphatic heterocycles. The molecule has 0 radical (unpaired) electrons. The summed E-state index contributed by atoms with van der Waals surface area (Å²) in [4.78, 5) is 25.0. The van der Waals surface area contributed by atoms with Crippen molar-refractivity contribution in [3.05, 3.63) is 35.6 Å². The van der Waals surface area contributed by atoms with E-state index in [0.29, 0.717) is 18.5 Å². The average Bonchev–Trinajstić information content (AvgIpc) is 2.50. The number of nitrogens with zero attached hydrogens (tertiary/aromatic N) is 1. The van der Waals surface area contributed by atoms with Crippen molar-refractivity contribution in [3.8, 4) is 0 Å². The number of hydrogen-bond acceptors (Lipinski definition) is 3.